The SMILES string of the molecule is Cc1[nH]c2ccccc2c1C(=O)c1cc(Br)cc(N)c1C. The number of rotatable bonds is 2. The van der Waals surface area contributed by atoms with Gasteiger partial charge >= 0.3 is 0 Å². The summed E-state index contributed by atoms with van der Waals surface area (Å²) < 4.78 is 0.812. The van der Waals surface area contributed by atoms with E-state index in [1.807, 2.05) is 50.2 Å². The summed E-state index contributed by atoms with van der Waals surface area (Å²) in [5, 5.41) is 0.943. The number of anilines is 1. The molecular formula is C17H15BrN2O. The van der Waals surface area contributed by atoms with Crippen LogP contribution in [0, 0.1) is 13.8 Å². The fourth-order valence-corrected chi connectivity index (χ4v) is 3.12. The number of aromatic nitrogens is 1. The number of benzene rings is 2. The van der Waals surface area contributed by atoms with Crippen LogP contribution in [0.3, 0.4) is 0 Å². The lowest BCUT2D eigenvalue weighted by Gasteiger charge is -2.09. The van der Waals surface area contributed by atoms with E-state index in [1.165, 1.54) is 0 Å². The fourth-order valence-electron chi connectivity index (χ4n) is 2.64. The molecule has 3 nitrogen and oxygen atoms in total. The van der Waals surface area contributed by atoms with Crippen LogP contribution in [-0.2, 0) is 0 Å². The predicted octanol–water partition coefficient (Wildman–Crippen LogP) is 4.36. The number of ketones is 1. The zero-order chi connectivity index (χ0) is 15.1. The number of para-hydroxylation sites is 1. The molecule has 106 valence electrons. The van der Waals surface area contributed by atoms with Crippen molar-refractivity contribution in [1.29, 1.82) is 0 Å². The number of nitrogens with one attached hydrogen (secondary N) is 1. The molecule has 0 radical (unpaired) electrons. The molecular weight excluding hydrogens is 328 g/mol. The van der Waals surface area contributed by atoms with Gasteiger partial charge in [-0.15, -0.1) is 0 Å². The van der Waals surface area contributed by atoms with Crippen LogP contribution in [0.5, 0.6) is 0 Å². The van der Waals surface area contributed by atoms with Crippen molar-refractivity contribution in [2.75, 3.05) is 5.73 Å². The average Bonchev–Trinajstić information content (AvgIpc) is 2.78. The molecule has 0 atom stereocenters. The quantitative estimate of drug-likeness (QED) is 0.536. The Morgan fingerprint density at radius 3 is 2.67 bits per heavy atom. The van der Waals surface area contributed by atoms with E-state index in [1.54, 1.807) is 0 Å². The van der Waals surface area contributed by atoms with Crippen molar-refractivity contribution in [2.45, 2.75) is 13.8 Å². The second kappa shape index (κ2) is 5.04. The first-order valence-corrected chi connectivity index (χ1v) is 7.46. The van der Waals surface area contributed by atoms with E-state index < -0.39 is 0 Å². The standard InChI is InChI=1S/C17H15BrN2O/c1-9-13(7-11(18)8-14(9)19)17(21)16-10(2)20-15-6-4-3-5-12(15)16/h3-8,20H,19H2,1-2H3. The second-order valence-corrected chi connectivity index (χ2v) is 6.08. The fraction of sp³-hybridized carbons (Fsp3) is 0.118. The summed E-state index contributed by atoms with van der Waals surface area (Å²) in [5.74, 6) is -0.00421. The molecule has 0 spiro atoms. The Morgan fingerprint density at radius 2 is 1.90 bits per heavy atom. The molecule has 0 aliphatic carbocycles. The zero-order valence-electron chi connectivity index (χ0n) is 11.8. The molecule has 2 aromatic carbocycles. The molecule has 0 aliphatic rings. The highest BCUT2D eigenvalue weighted by molar-refractivity contribution is 9.10. The molecule has 0 bridgehead atoms. The lowest BCUT2D eigenvalue weighted by molar-refractivity contribution is 0.103. The third-order valence-electron chi connectivity index (χ3n) is 3.78. The molecule has 0 amide bonds. The number of hydrogen-bond donors (Lipinski definition) is 2. The lowest BCUT2D eigenvalue weighted by atomic mass is 9.96. The van der Waals surface area contributed by atoms with Gasteiger partial charge in [-0.3, -0.25) is 4.79 Å². The number of fused-ring (bicyclic) bond motifs is 1. The molecule has 1 aromatic heterocycles. The number of aromatic amines is 1. The van der Waals surface area contributed by atoms with Crippen molar-refractivity contribution in [1.82, 2.24) is 4.98 Å². The van der Waals surface area contributed by atoms with Crippen molar-refractivity contribution in [3.8, 4) is 0 Å². The Balaban J connectivity index is 2.24. The maximum atomic E-state index is 13.0. The van der Waals surface area contributed by atoms with E-state index in [0.717, 1.165) is 26.6 Å². The molecule has 0 saturated carbocycles. The number of hydrogen-bond acceptors (Lipinski definition) is 2. The third kappa shape index (κ3) is 2.25. The van der Waals surface area contributed by atoms with Gasteiger partial charge in [0.2, 0.25) is 0 Å². The highest BCUT2D eigenvalue weighted by atomic mass is 79.9. The summed E-state index contributed by atoms with van der Waals surface area (Å²) in [6.07, 6.45) is 0. The number of aryl methyl sites for hydroxylation is 1. The normalized spacial score (nSPS) is 11.0. The number of H-pyrrole nitrogens is 1. The van der Waals surface area contributed by atoms with Crippen LogP contribution >= 0.6 is 15.9 Å². The van der Waals surface area contributed by atoms with E-state index in [9.17, 15) is 4.79 Å². The molecule has 4 heteroatoms. The minimum Gasteiger partial charge on any atom is -0.398 e. The van der Waals surface area contributed by atoms with Crippen molar-refractivity contribution >= 4 is 38.3 Å². The van der Waals surface area contributed by atoms with Crippen molar-refractivity contribution in [3.05, 3.63) is 63.3 Å². The Kier molecular flexibility index (Phi) is 3.33. The molecule has 0 saturated heterocycles. The van der Waals surface area contributed by atoms with E-state index in [2.05, 4.69) is 20.9 Å². The van der Waals surface area contributed by atoms with Crippen molar-refractivity contribution in [3.63, 3.8) is 0 Å². The molecule has 0 unspecified atom stereocenters. The van der Waals surface area contributed by atoms with Crippen LogP contribution in [0.2, 0.25) is 0 Å². The molecule has 3 N–H and O–H groups in total. The molecule has 0 aliphatic heterocycles. The maximum absolute atomic E-state index is 13.0. The Hall–Kier alpha value is -2.07. The second-order valence-electron chi connectivity index (χ2n) is 5.17. The van der Waals surface area contributed by atoms with Gasteiger partial charge in [0.05, 0.1) is 5.56 Å². The van der Waals surface area contributed by atoms with Gasteiger partial charge in [-0.2, -0.15) is 0 Å². The first-order chi connectivity index (χ1) is 9.99. The summed E-state index contributed by atoms with van der Waals surface area (Å²) in [7, 11) is 0. The van der Waals surface area contributed by atoms with E-state index in [-0.39, 0.29) is 5.78 Å². The third-order valence-corrected chi connectivity index (χ3v) is 4.24. The summed E-state index contributed by atoms with van der Waals surface area (Å²) in [5.41, 5.74) is 10.6. The average molecular weight is 343 g/mol. The number of carbonyl (C=O) groups is 1. The van der Waals surface area contributed by atoms with Crippen molar-refractivity contribution in [2.24, 2.45) is 0 Å². The van der Waals surface area contributed by atoms with Gasteiger partial charge < -0.3 is 10.7 Å². The van der Waals surface area contributed by atoms with Crippen LogP contribution in [0.15, 0.2) is 40.9 Å². The number of halogens is 1. The van der Waals surface area contributed by atoms with Gasteiger partial charge in [-0.25, -0.2) is 0 Å². The predicted molar refractivity (Wildman–Crippen MR) is 89.8 cm³/mol. The molecule has 0 fully saturated rings. The van der Waals surface area contributed by atoms with E-state index in [4.69, 9.17) is 5.73 Å². The number of nitrogen functional groups attached to an aromatic ring is 1. The number of nitrogens with two attached hydrogens (primary N) is 1. The molecule has 3 aromatic rings. The van der Waals surface area contributed by atoms with Gasteiger partial charge in [0.25, 0.3) is 0 Å². The topological polar surface area (TPSA) is 58.9 Å². The van der Waals surface area contributed by atoms with Crippen LogP contribution in [-0.4, -0.2) is 10.8 Å². The van der Waals surface area contributed by atoms with Crippen LogP contribution in [0.1, 0.15) is 27.2 Å². The van der Waals surface area contributed by atoms with Crippen molar-refractivity contribution < 1.29 is 4.79 Å². The van der Waals surface area contributed by atoms with Crippen LogP contribution in [0.4, 0.5) is 5.69 Å². The monoisotopic (exact) mass is 342 g/mol. The van der Waals surface area contributed by atoms with Gasteiger partial charge in [-0.05, 0) is 37.6 Å². The van der Waals surface area contributed by atoms with E-state index in [0.29, 0.717) is 16.8 Å². The van der Waals surface area contributed by atoms with Crippen LogP contribution in [0.25, 0.3) is 10.9 Å². The Labute approximate surface area is 131 Å². The largest absolute Gasteiger partial charge is 0.398 e. The minimum absolute atomic E-state index is 0.00421. The van der Waals surface area contributed by atoms with Gasteiger partial charge in [0, 0.05) is 32.3 Å². The highest BCUT2D eigenvalue weighted by Crippen LogP contribution is 2.29. The van der Waals surface area contributed by atoms with Gasteiger partial charge in [0.1, 0.15) is 0 Å². The minimum atomic E-state index is -0.00421. The Morgan fingerprint density at radius 1 is 1.19 bits per heavy atom. The Bertz CT molecular complexity index is 865. The summed E-state index contributed by atoms with van der Waals surface area (Å²) >= 11 is 3.41. The van der Waals surface area contributed by atoms with Gasteiger partial charge in [0.15, 0.2) is 5.78 Å². The van der Waals surface area contributed by atoms with Gasteiger partial charge in [-0.1, -0.05) is 34.1 Å². The molecule has 1 heterocycles. The summed E-state index contributed by atoms with van der Waals surface area (Å²) in [6, 6.07) is 11.5. The van der Waals surface area contributed by atoms with Crippen LogP contribution < -0.4 is 5.73 Å². The highest BCUT2D eigenvalue weighted by Gasteiger charge is 2.20. The number of carbonyl (C=O) groups excluding carboxylic acids is 1. The first-order valence-electron chi connectivity index (χ1n) is 6.66. The molecule has 3 rings (SSSR count). The lowest BCUT2D eigenvalue weighted by Crippen LogP contribution is -2.07. The first kappa shape index (κ1) is 13.9. The summed E-state index contributed by atoms with van der Waals surface area (Å²) in [4.78, 5) is 16.2. The molecule has 21 heavy (non-hydrogen) atoms. The summed E-state index contributed by atoms with van der Waals surface area (Å²) in [6.45, 7) is 3.79. The smallest absolute Gasteiger partial charge is 0.195 e. The maximum Gasteiger partial charge on any atom is 0.195 e. The van der Waals surface area contributed by atoms with E-state index >= 15 is 0 Å². The zero-order valence-corrected chi connectivity index (χ0v) is 13.4.